The molecule has 1 aliphatic rings. The molecule has 0 heterocycles. The molecule has 0 bridgehead atoms. The fourth-order valence-electron chi connectivity index (χ4n) is 3.12. The van der Waals surface area contributed by atoms with Crippen molar-refractivity contribution < 1.29 is 4.79 Å². The summed E-state index contributed by atoms with van der Waals surface area (Å²) >= 11 is 0. The standard InChI is InChI=1S/C20H14O/c21-20-13-14-7-1-2-8-15(14)16-9-3-4-10-17(16)18-11-5-6-12-19(18)20/h1-12H,13H2. The Morgan fingerprint density at radius 3 is 1.62 bits per heavy atom. The average molecular weight is 270 g/mol. The van der Waals surface area contributed by atoms with E-state index in [4.69, 9.17) is 0 Å². The molecule has 1 aliphatic carbocycles. The second kappa shape index (κ2) is 4.71. The van der Waals surface area contributed by atoms with Crippen molar-refractivity contribution in [2.45, 2.75) is 6.42 Å². The summed E-state index contributed by atoms with van der Waals surface area (Å²) in [6, 6.07) is 24.4. The van der Waals surface area contributed by atoms with Crippen LogP contribution in [0.1, 0.15) is 15.9 Å². The molecule has 0 unspecified atom stereocenters. The molecule has 0 atom stereocenters. The Balaban J connectivity index is 2.12. The highest BCUT2D eigenvalue weighted by Crippen LogP contribution is 2.38. The van der Waals surface area contributed by atoms with Gasteiger partial charge >= 0.3 is 0 Å². The van der Waals surface area contributed by atoms with Crippen LogP contribution in [0.5, 0.6) is 0 Å². The minimum Gasteiger partial charge on any atom is -0.294 e. The zero-order chi connectivity index (χ0) is 14.2. The molecular formula is C20H14O. The molecule has 3 aromatic carbocycles. The van der Waals surface area contributed by atoms with E-state index in [2.05, 4.69) is 30.3 Å². The Kier molecular flexibility index (Phi) is 2.71. The maximum atomic E-state index is 12.6. The molecule has 0 radical (unpaired) electrons. The van der Waals surface area contributed by atoms with E-state index < -0.39 is 0 Å². The van der Waals surface area contributed by atoms with Crippen molar-refractivity contribution in [1.82, 2.24) is 0 Å². The first-order valence-electron chi connectivity index (χ1n) is 7.14. The monoisotopic (exact) mass is 270 g/mol. The highest BCUT2D eigenvalue weighted by molar-refractivity contribution is 6.07. The molecular weight excluding hydrogens is 256 g/mol. The maximum absolute atomic E-state index is 12.6. The minimum atomic E-state index is 0.188. The molecule has 100 valence electrons. The van der Waals surface area contributed by atoms with Gasteiger partial charge in [-0.2, -0.15) is 0 Å². The molecule has 0 aromatic heterocycles. The maximum Gasteiger partial charge on any atom is 0.167 e. The number of rotatable bonds is 0. The lowest BCUT2D eigenvalue weighted by atomic mass is 9.84. The molecule has 0 saturated carbocycles. The van der Waals surface area contributed by atoms with Crippen molar-refractivity contribution in [3.63, 3.8) is 0 Å². The normalized spacial score (nSPS) is 12.7. The number of ketones is 1. The van der Waals surface area contributed by atoms with Crippen molar-refractivity contribution in [3.8, 4) is 22.3 Å². The van der Waals surface area contributed by atoms with Crippen LogP contribution in [0.25, 0.3) is 22.3 Å². The molecule has 0 spiro atoms. The zero-order valence-electron chi connectivity index (χ0n) is 11.5. The van der Waals surface area contributed by atoms with Crippen molar-refractivity contribution in [2.75, 3.05) is 0 Å². The summed E-state index contributed by atoms with van der Waals surface area (Å²) in [6.07, 6.45) is 0.460. The Hall–Kier alpha value is -2.67. The second-order valence-corrected chi connectivity index (χ2v) is 5.35. The number of hydrogen-bond donors (Lipinski definition) is 0. The van der Waals surface area contributed by atoms with Gasteiger partial charge < -0.3 is 0 Å². The van der Waals surface area contributed by atoms with E-state index in [1.807, 2.05) is 42.5 Å². The van der Waals surface area contributed by atoms with E-state index in [1.165, 1.54) is 5.56 Å². The quantitative estimate of drug-likeness (QED) is 0.575. The van der Waals surface area contributed by atoms with Gasteiger partial charge in [0.15, 0.2) is 5.78 Å². The Morgan fingerprint density at radius 2 is 0.952 bits per heavy atom. The molecule has 1 nitrogen and oxygen atoms in total. The third-order valence-electron chi connectivity index (χ3n) is 4.10. The largest absolute Gasteiger partial charge is 0.294 e. The first-order valence-corrected chi connectivity index (χ1v) is 7.14. The first-order chi connectivity index (χ1) is 10.3. The molecule has 0 saturated heterocycles. The topological polar surface area (TPSA) is 17.1 Å². The van der Waals surface area contributed by atoms with E-state index in [0.717, 1.165) is 27.8 Å². The number of fused-ring (bicyclic) bond motifs is 5. The first kappa shape index (κ1) is 12.1. The third-order valence-corrected chi connectivity index (χ3v) is 4.10. The average Bonchev–Trinajstić information content (AvgIpc) is 2.54. The molecule has 21 heavy (non-hydrogen) atoms. The van der Waals surface area contributed by atoms with Gasteiger partial charge in [-0.3, -0.25) is 4.79 Å². The predicted octanol–water partition coefficient (Wildman–Crippen LogP) is 4.76. The van der Waals surface area contributed by atoms with Crippen LogP contribution in [0.3, 0.4) is 0 Å². The van der Waals surface area contributed by atoms with Crippen molar-refractivity contribution in [2.24, 2.45) is 0 Å². The second-order valence-electron chi connectivity index (χ2n) is 5.35. The number of carbonyl (C=O) groups is 1. The zero-order valence-corrected chi connectivity index (χ0v) is 11.5. The van der Waals surface area contributed by atoms with Crippen LogP contribution >= 0.6 is 0 Å². The molecule has 0 aliphatic heterocycles. The van der Waals surface area contributed by atoms with Gasteiger partial charge in [0.25, 0.3) is 0 Å². The van der Waals surface area contributed by atoms with Crippen LogP contribution in [-0.2, 0) is 6.42 Å². The highest BCUT2D eigenvalue weighted by Gasteiger charge is 2.20. The van der Waals surface area contributed by atoms with E-state index in [1.54, 1.807) is 0 Å². The van der Waals surface area contributed by atoms with E-state index in [0.29, 0.717) is 6.42 Å². The third kappa shape index (κ3) is 1.90. The smallest absolute Gasteiger partial charge is 0.167 e. The summed E-state index contributed by atoms with van der Waals surface area (Å²) in [6.45, 7) is 0. The summed E-state index contributed by atoms with van der Waals surface area (Å²) < 4.78 is 0. The lowest BCUT2D eigenvalue weighted by molar-refractivity contribution is 0.0993. The lowest BCUT2D eigenvalue weighted by Crippen LogP contribution is -2.09. The lowest BCUT2D eigenvalue weighted by Gasteiger charge is -2.19. The fraction of sp³-hybridized carbons (Fsp3) is 0.0500. The van der Waals surface area contributed by atoms with Gasteiger partial charge in [-0.05, 0) is 27.8 Å². The van der Waals surface area contributed by atoms with Crippen LogP contribution < -0.4 is 0 Å². The van der Waals surface area contributed by atoms with Crippen LogP contribution in [0.2, 0.25) is 0 Å². The van der Waals surface area contributed by atoms with Crippen LogP contribution in [0, 0.1) is 0 Å². The molecule has 3 aromatic rings. The fourth-order valence-corrected chi connectivity index (χ4v) is 3.12. The van der Waals surface area contributed by atoms with Crippen molar-refractivity contribution >= 4 is 5.78 Å². The van der Waals surface area contributed by atoms with Gasteiger partial charge in [-0.25, -0.2) is 0 Å². The Morgan fingerprint density at radius 1 is 0.524 bits per heavy atom. The van der Waals surface area contributed by atoms with Crippen LogP contribution in [-0.4, -0.2) is 5.78 Å². The van der Waals surface area contributed by atoms with Gasteiger partial charge in [0.2, 0.25) is 0 Å². The minimum absolute atomic E-state index is 0.188. The van der Waals surface area contributed by atoms with Gasteiger partial charge in [0, 0.05) is 12.0 Å². The summed E-state index contributed by atoms with van der Waals surface area (Å²) in [5, 5.41) is 0. The summed E-state index contributed by atoms with van der Waals surface area (Å²) in [4.78, 5) is 12.6. The number of carbonyl (C=O) groups excluding carboxylic acids is 1. The number of benzene rings is 3. The van der Waals surface area contributed by atoms with Crippen molar-refractivity contribution in [1.29, 1.82) is 0 Å². The SMILES string of the molecule is O=C1Cc2ccccc2-c2ccccc2-c2ccccc21. The number of Topliss-reactive ketones (excluding diaryl/α,β-unsaturated/α-hetero) is 1. The molecule has 1 heteroatoms. The van der Waals surface area contributed by atoms with Gasteiger partial charge in [0.05, 0.1) is 0 Å². The van der Waals surface area contributed by atoms with E-state index in [9.17, 15) is 4.79 Å². The summed E-state index contributed by atoms with van der Waals surface area (Å²) in [5.41, 5.74) is 6.45. The van der Waals surface area contributed by atoms with E-state index >= 15 is 0 Å². The van der Waals surface area contributed by atoms with Crippen molar-refractivity contribution in [3.05, 3.63) is 83.9 Å². The van der Waals surface area contributed by atoms with Gasteiger partial charge in [-0.1, -0.05) is 72.8 Å². The molecule has 0 fully saturated rings. The molecule has 4 rings (SSSR count). The number of hydrogen-bond acceptors (Lipinski definition) is 1. The summed E-state index contributed by atoms with van der Waals surface area (Å²) in [7, 11) is 0. The van der Waals surface area contributed by atoms with Crippen LogP contribution in [0.15, 0.2) is 72.8 Å². The van der Waals surface area contributed by atoms with Crippen LogP contribution in [0.4, 0.5) is 0 Å². The van der Waals surface area contributed by atoms with Gasteiger partial charge in [-0.15, -0.1) is 0 Å². The predicted molar refractivity (Wildman–Crippen MR) is 85.3 cm³/mol. The highest BCUT2D eigenvalue weighted by atomic mass is 16.1. The van der Waals surface area contributed by atoms with Gasteiger partial charge in [0.1, 0.15) is 0 Å². The van der Waals surface area contributed by atoms with E-state index in [-0.39, 0.29) is 5.78 Å². The molecule has 0 N–H and O–H groups in total. The Bertz CT molecular complexity index is 846. The Labute approximate surface area is 123 Å². The molecule has 0 amide bonds. The summed E-state index contributed by atoms with van der Waals surface area (Å²) in [5.74, 6) is 0.188.